The number of allylic oxidation sites excluding steroid dienone is 2. The monoisotopic (exact) mass is 439 g/mol. The molecule has 5 heteroatoms. The minimum Gasteiger partial charge on any atom is -0.296 e. The van der Waals surface area contributed by atoms with Crippen molar-refractivity contribution in [1.82, 2.24) is 4.68 Å². The molecule has 0 fully saturated rings. The van der Waals surface area contributed by atoms with Crippen molar-refractivity contribution in [1.29, 1.82) is 0 Å². The number of benzene rings is 2. The number of hydrogen-bond donors (Lipinski definition) is 1. The van der Waals surface area contributed by atoms with Crippen LogP contribution >= 0.6 is 27.3 Å². The highest BCUT2D eigenvalue weighted by Crippen LogP contribution is 2.32. The third-order valence-corrected chi connectivity index (χ3v) is 6.60. The van der Waals surface area contributed by atoms with Gasteiger partial charge in [0, 0.05) is 28.2 Å². The Kier molecular flexibility index (Phi) is 5.60. The van der Waals surface area contributed by atoms with E-state index in [1.807, 2.05) is 13.1 Å². The standard InChI is InChI=1S/C22H22BrN3S/c1-24-22-26(21(15-27-22)19-9-5-6-10-20(19)23)25-18-13-11-17(12-14-18)16-7-3-2-4-8-16/h2-10,13,15,17,25H,11-12,14H2,1H3/t17-/m1/s1. The second kappa shape index (κ2) is 8.28. The molecule has 2 aromatic carbocycles. The first-order valence-electron chi connectivity index (χ1n) is 9.15. The Morgan fingerprint density at radius 3 is 2.59 bits per heavy atom. The maximum Gasteiger partial charge on any atom is 0.204 e. The van der Waals surface area contributed by atoms with E-state index < -0.39 is 0 Å². The predicted octanol–water partition coefficient (Wildman–Crippen LogP) is 5.90. The van der Waals surface area contributed by atoms with Crippen LogP contribution in [0.25, 0.3) is 11.3 Å². The summed E-state index contributed by atoms with van der Waals surface area (Å²) in [7, 11) is 1.84. The van der Waals surface area contributed by atoms with Crippen molar-refractivity contribution in [2.45, 2.75) is 25.2 Å². The Labute approximate surface area is 172 Å². The maximum absolute atomic E-state index is 4.45. The molecule has 27 heavy (non-hydrogen) atoms. The van der Waals surface area contributed by atoms with Crippen molar-refractivity contribution in [2.75, 3.05) is 12.5 Å². The molecule has 0 radical (unpaired) electrons. The molecule has 3 aromatic rings. The van der Waals surface area contributed by atoms with Crippen LogP contribution in [-0.2, 0) is 0 Å². The van der Waals surface area contributed by atoms with Gasteiger partial charge in [-0.3, -0.25) is 10.4 Å². The smallest absolute Gasteiger partial charge is 0.204 e. The summed E-state index contributed by atoms with van der Waals surface area (Å²) in [6, 6.07) is 19.1. The zero-order valence-electron chi connectivity index (χ0n) is 15.2. The minimum atomic E-state index is 0.613. The summed E-state index contributed by atoms with van der Waals surface area (Å²) in [4.78, 5) is 5.42. The molecule has 4 rings (SSSR count). The molecule has 138 valence electrons. The summed E-state index contributed by atoms with van der Waals surface area (Å²) in [5, 5.41) is 2.16. The van der Waals surface area contributed by atoms with Gasteiger partial charge in [0.1, 0.15) is 0 Å². The van der Waals surface area contributed by atoms with Crippen LogP contribution in [0.3, 0.4) is 0 Å². The van der Waals surface area contributed by atoms with E-state index in [9.17, 15) is 0 Å². The van der Waals surface area contributed by atoms with Crippen LogP contribution in [0, 0.1) is 0 Å². The molecular formula is C22H22BrN3S. The SMILES string of the molecule is CN=c1scc(-c2ccccc2Br)n1NC1=CC[C@@H](c2ccccc2)CC1. The number of aromatic nitrogens is 1. The molecule has 0 saturated heterocycles. The number of thiazole rings is 1. The molecule has 1 N–H and O–H groups in total. The molecule has 0 bridgehead atoms. The fraction of sp³-hybridized carbons (Fsp3) is 0.227. The second-order valence-corrected chi connectivity index (χ2v) is 8.36. The van der Waals surface area contributed by atoms with Crippen LogP contribution in [0.2, 0.25) is 0 Å². The highest BCUT2D eigenvalue weighted by atomic mass is 79.9. The fourth-order valence-electron chi connectivity index (χ4n) is 3.54. The number of nitrogens with zero attached hydrogens (tertiary/aromatic N) is 2. The van der Waals surface area contributed by atoms with E-state index in [2.05, 4.69) is 91.0 Å². The zero-order valence-corrected chi connectivity index (χ0v) is 17.6. The van der Waals surface area contributed by atoms with Crippen LogP contribution in [0.15, 0.2) is 81.2 Å². The Morgan fingerprint density at radius 2 is 1.89 bits per heavy atom. The molecule has 0 saturated carbocycles. The molecular weight excluding hydrogens is 418 g/mol. The van der Waals surface area contributed by atoms with Crippen LogP contribution in [0.1, 0.15) is 30.7 Å². The van der Waals surface area contributed by atoms with E-state index >= 15 is 0 Å². The Bertz CT molecular complexity index is 1020. The van der Waals surface area contributed by atoms with Crippen molar-refractivity contribution in [3.63, 3.8) is 0 Å². The van der Waals surface area contributed by atoms with E-state index in [0.29, 0.717) is 5.92 Å². The highest BCUT2D eigenvalue weighted by Gasteiger charge is 2.18. The summed E-state index contributed by atoms with van der Waals surface area (Å²) < 4.78 is 3.20. The van der Waals surface area contributed by atoms with Crippen molar-refractivity contribution in [3.05, 3.63) is 86.6 Å². The molecule has 1 aliphatic rings. The number of nitrogens with one attached hydrogen (secondary N) is 1. The molecule has 0 aliphatic heterocycles. The minimum absolute atomic E-state index is 0.613. The van der Waals surface area contributed by atoms with Gasteiger partial charge in [-0.05, 0) is 36.8 Å². The number of hydrogen-bond acceptors (Lipinski definition) is 3. The summed E-state index contributed by atoms with van der Waals surface area (Å²) in [5.74, 6) is 0.613. The quantitative estimate of drug-likeness (QED) is 0.538. The average molecular weight is 440 g/mol. The van der Waals surface area contributed by atoms with Gasteiger partial charge in [-0.1, -0.05) is 70.5 Å². The Morgan fingerprint density at radius 1 is 1.11 bits per heavy atom. The Balaban J connectivity index is 1.60. The predicted molar refractivity (Wildman–Crippen MR) is 117 cm³/mol. The van der Waals surface area contributed by atoms with Gasteiger partial charge in [0.25, 0.3) is 0 Å². The largest absolute Gasteiger partial charge is 0.296 e. The number of halogens is 1. The molecule has 0 unspecified atom stereocenters. The molecule has 3 nitrogen and oxygen atoms in total. The van der Waals surface area contributed by atoms with Crippen molar-refractivity contribution in [2.24, 2.45) is 4.99 Å². The summed E-state index contributed by atoms with van der Waals surface area (Å²) in [5.41, 5.74) is 8.61. The highest BCUT2D eigenvalue weighted by molar-refractivity contribution is 9.10. The third-order valence-electron chi connectivity index (χ3n) is 4.99. The van der Waals surface area contributed by atoms with Gasteiger partial charge in [-0.2, -0.15) is 0 Å². The third kappa shape index (κ3) is 3.94. The molecule has 1 aliphatic carbocycles. The first-order valence-corrected chi connectivity index (χ1v) is 10.8. The van der Waals surface area contributed by atoms with Gasteiger partial charge in [0.2, 0.25) is 4.80 Å². The lowest BCUT2D eigenvalue weighted by Crippen LogP contribution is -2.27. The summed E-state index contributed by atoms with van der Waals surface area (Å²) >= 11 is 5.33. The van der Waals surface area contributed by atoms with Crippen molar-refractivity contribution >= 4 is 27.3 Å². The normalized spacial score (nSPS) is 17.6. The number of rotatable bonds is 4. The van der Waals surface area contributed by atoms with Crippen molar-refractivity contribution in [3.8, 4) is 11.3 Å². The molecule has 1 aromatic heterocycles. The lowest BCUT2D eigenvalue weighted by atomic mass is 9.87. The van der Waals surface area contributed by atoms with E-state index in [-0.39, 0.29) is 0 Å². The van der Waals surface area contributed by atoms with E-state index in [0.717, 1.165) is 39.8 Å². The van der Waals surface area contributed by atoms with Gasteiger partial charge in [-0.15, -0.1) is 11.3 Å². The molecule has 0 amide bonds. The van der Waals surface area contributed by atoms with Crippen molar-refractivity contribution < 1.29 is 0 Å². The van der Waals surface area contributed by atoms with Gasteiger partial charge in [-0.25, -0.2) is 4.68 Å². The van der Waals surface area contributed by atoms with E-state index in [1.165, 1.54) is 11.3 Å². The van der Waals surface area contributed by atoms with Gasteiger partial charge >= 0.3 is 0 Å². The first kappa shape index (κ1) is 18.3. The van der Waals surface area contributed by atoms with Gasteiger partial charge in [0.15, 0.2) is 0 Å². The molecule has 1 atom stereocenters. The molecule has 1 heterocycles. The fourth-order valence-corrected chi connectivity index (χ4v) is 4.83. The van der Waals surface area contributed by atoms with Crippen LogP contribution in [0.4, 0.5) is 0 Å². The van der Waals surface area contributed by atoms with Crippen LogP contribution < -0.4 is 10.2 Å². The van der Waals surface area contributed by atoms with E-state index in [1.54, 1.807) is 11.3 Å². The summed E-state index contributed by atoms with van der Waals surface area (Å²) in [6.45, 7) is 0. The van der Waals surface area contributed by atoms with Gasteiger partial charge in [0.05, 0.1) is 5.69 Å². The van der Waals surface area contributed by atoms with E-state index in [4.69, 9.17) is 0 Å². The zero-order chi connectivity index (χ0) is 18.6. The Hall–Kier alpha value is -2.11. The molecule has 0 spiro atoms. The van der Waals surface area contributed by atoms with Gasteiger partial charge < -0.3 is 0 Å². The van der Waals surface area contributed by atoms with Crippen LogP contribution in [0.5, 0.6) is 0 Å². The van der Waals surface area contributed by atoms with Crippen LogP contribution in [-0.4, -0.2) is 11.7 Å². The maximum atomic E-state index is 4.45. The lowest BCUT2D eigenvalue weighted by molar-refractivity contribution is 0.591. The second-order valence-electron chi connectivity index (χ2n) is 6.67. The summed E-state index contributed by atoms with van der Waals surface area (Å²) in [6.07, 6.45) is 5.62. The average Bonchev–Trinajstić information content (AvgIpc) is 3.12. The topological polar surface area (TPSA) is 29.3 Å². The lowest BCUT2D eigenvalue weighted by Gasteiger charge is -2.24. The first-order chi connectivity index (χ1) is 13.3.